The van der Waals surface area contributed by atoms with Crippen molar-refractivity contribution in [3.63, 3.8) is 0 Å². The lowest BCUT2D eigenvalue weighted by atomic mass is 10.2. The van der Waals surface area contributed by atoms with E-state index in [1.807, 2.05) is 48.5 Å². The molecule has 0 nitrogen and oxygen atoms in total. The van der Waals surface area contributed by atoms with Crippen molar-refractivity contribution >= 4 is 0 Å². The molecule has 0 spiro atoms. The largest absolute Gasteiger partial charge is 0.0961 e. The summed E-state index contributed by atoms with van der Waals surface area (Å²) < 4.78 is 0. The van der Waals surface area contributed by atoms with Crippen molar-refractivity contribution in [1.29, 1.82) is 0 Å². The average Bonchev–Trinajstić information content (AvgIpc) is 2.12. The zero-order chi connectivity index (χ0) is 11.9. The molecule has 0 heterocycles. The predicted molar refractivity (Wildman–Crippen MR) is 68.3 cm³/mol. The lowest BCUT2D eigenvalue weighted by Gasteiger charge is -1.85. The molecule has 0 N–H and O–H groups in total. The van der Waals surface area contributed by atoms with Gasteiger partial charge < -0.3 is 0 Å². The van der Waals surface area contributed by atoms with Gasteiger partial charge in [-0.1, -0.05) is 65.3 Å². The second-order valence-corrected chi connectivity index (χ2v) is 2.07. The molecule has 13 heavy (non-hydrogen) atoms. The Kier molecular flexibility index (Phi) is 52.8. The van der Waals surface area contributed by atoms with E-state index in [1.54, 1.807) is 0 Å². The Morgan fingerprint density at radius 1 is 0.769 bits per heavy atom. The minimum absolute atomic E-state index is 1.12. The average molecular weight is 186 g/mol. The molecule has 0 aliphatic carbocycles. The van der Waals surface area contributed by atoms with E-state index in [1.165, 1.54) is 5.57 Å². The summed E-state index contributed by atoms with van der Waals surface area (Å²) in [4.78, 5) is 0. The quantitative estimate of drug-likeness (QED) is 0.467. The van der Waals surface area contributed by atoms with E-state index in [-0.39, 0.29) is 0 Å². The third-order valence-electron chi connectivity index (χ3n) is 0.535. The van der Waals surface area contributed by atoms with Gasteiger partial charge in [-0.2, -0.15) is 0 Å². The van der Waals surface area contributed by atoms with E-state index < -0.39 is 0 Å². The van der Waals surface area contributed by atoms with Gasteiger partial charge in [0.05, 0.1) is 0 Å². The third-order valence-corrected chi connectivity index (χ3v) is 0.535. The van der Waals surface area contributed by atoms with Crippen molar-refractivity contribution in [3.8, 4) is 0 Å². The highest BCUT2D eigenvalue weighted by Gasteiger charge is 1.73. The van der Waals surface area contributed by atoms with Crippen LogP contribution >= 0.6 is 0 Å². The topological polar surface area (TPSA) is 0 Å². The summed E-state index contributed by atoms with van der Waals surface area (Å²) >= 11 is 0. The monoisotopic (exact) mass is 186 g/mol. The van der Waals surface area contributed by atoms with Crippen LogP contribution in [0.5, 0.6) is 0 Å². The van der Waals surface area contributed by atoms with Gasteiger partial charge in [-0.25, -0.2) is 0 Å². The fraction of sp³-hybridized carbons (Fsp3) is 0.692. The smallest absolute Gasteiger partial charge is 0.0404 e. The number of hydrogen-bond donors (Lipinski definition) is 0. The van der Waals surface area contributed by atoms with Gasteiger partial charge in [0.2, 0.25) is 0 Å². The van der Waals surface area contributed by atoms with Crippen LogP contribution in [0.4, 0.5) is 0 Å². The zero-order valence-corrected chi connectivity index (χ0v) is 11.3. The van der Waals surface area contributed by atoms with Crippen molar-refractivity contribution in [3.05, 3.63) is 23.8 Å². The van der Waals surface area contributed by atoms with Gasteiger partial charge in [0.25, 0.3) is 0 Å². The van der Waals surface area contributed by atoms with E-state index in [2.05, 4.69) is 26.5 Å². The molecule has 0 radical (unpaired) electrons. The fourth-order valence-corrected chi connectivity index (χ4v) is 0.493. The Morgan fingerprint density at radius 2 is 1.00 bits per heavy atom. The summed E-state index contributed by atoms with van der Waals surface area (Å²) in [5, 5.41) is 0. The minimum Gasteiger partial charge on any atom is -0.0961 e. The van der Waals surface area contributed by atoms with E-state index in [0.29, 0.717) is 0 Å². The maximum Gasteiger partial charge on any atom is -0.0404 e. The molecule has 0 rings (SSSR count). The molecule has 0 aromatic carbocycles. The summed E-state index contributed by atoms with van der Waals surface area (Å²) in [5.74, 6) is 0. The molecule has 0 atom stereocenters. The Morgan fingerprint density at radius 3 is 1.00 bits per heavy atom. The molecule has 0 aliphatic heterocycles. The maximum atomic E-state index is 3.72. The third kappa shape index (κ3) is 85.2. The van der Waals surface area contributed by atoms with Crippen LogP contribution in [-0.2, 0) is 0 Å². The van der Waals surface area contributed by atoms with Crippen molar-refractivity contribution in [1.82, 2.24) is 0 Å². The molecule has 0 fully saturated rings. The SMILES string of the molecule is C=C(C)C=C(C)C.CC.CC.CC. The summed E-state index contributed by atoms with van der Waals surface area (Å²) in [5.41, 5.74) is 2.44. The van der Waals surface area contributed by atoms with Crippen LogP contribution in [0.2, 0.25) is 0 Å². The molecule has 0 amide bonds. The summed E-state index contributed by atoms with van der Waals surface area (Å²) in [6.45, 7) is 21.8. The van der Waals surface area contributed by atoms with Crippen LogP contribution in [0.15, 0.2) is 23.8 Å². The van der Waals surface area contributed by atoms with Crippen LogP contribution in [0, 0.1) is 0 Å². The maximum absolute atomic E-state index is 3.72. The molecular weight excluding hydrogens is 156 g/mol. The highest BCUT2D eigenvalue weighted by Crippen LogP contribution is 1.95. The minimum atomic E-state index is 1.12. The lowest BCUT2D eigenvalue weighted by Crippen LogP contribution is -1.64. The normalized spacial score (nSPS) is 5.62. The Labute approximate surface area is 86.8 Å². The Hall–Kier alpha value is -0.520. The van der Waals surface area contributed by atoms with Gasteiger partial charge in [0.15, 0.2) is 0 Å². The molecule has 0 heteroatoms. The van der Waals surface area contributed by atoms with Crippen LogP contribution in [0.3, 0.4) is 0 Å². The summed E-state index contributed by atoms with van der Waals surface area (Å²) in [6, 6.07) is 0. The second kappa shape index (κ2) is 30.0. The Bertz CT molecular complexity index is 92.6. The first-order chi connectivity index (χ1) is 6.13. The van der Waals surface area contributed by atoms with Gasteiger partial charge in [0, 0.05) is 0 Å². The molecule has 0 aromatic heterocycles. The van der Waals surface area contributed by atoms with Gasteiger partial charge in [0.1, 0.15) is 0 Å². The molecular formula is C13H30. The van der Waals surface area contributed by atoms with Crippen molar-refractivity contribution in [2.45, 2.75) is 62.3 Å². The number of rotatable bonds is 1. The van der Waals surface area contributed by atoms with Crippen molar-refractivity contribution in [2.75, 3.05) is 0 Å². The molecule has 0 saturated heterocycles. The standard InChI is InChI=1S/C7H12.3C2H6/c1-6(2)5-7(3)4;3*1-2/h5H,1H2,2-4H3;3*1-2H3. The van der Waals surface area contributed by atoms with Crippen LogP contribution in [0.25, 0.3) is 0 Å². The molecule has 0 aliphatic rings. The van der Waals surface area contributed by atoms with Gasteiger partial charge in [-0.15, -0.1) is 0 Å². The number of hydrogen-bond acceptors (Lipinski definition) is 0. The molecule has 0 unspecified atom stereocenters. The van der Waals surface area contributed by atoms with Gasteiger partial charge in [-0.3, -0.25) is 0 Å². The fourth-order valence-electron chi connectivity index (χ4n) is 0.493. The predicted octanol–water partition coefficient (Wildman–Crippen LogP) is 5.61. The second-order valence-electron chi connectivity index (χ2n) is 2.07. The first kappa shape index (κ1) is 22.9. The molecule has 0 aromatic rings. The van der Waals surface area contributed by atoms with E-state index >= 15 is 0 Å². The number of allylic oxidation sites excluding steroid dienone is 3. The first-order valence-corrected chi connectivity index (χ1v) is 5.43. The highest BCUT2D eigenvalue weighted by atomic mass is 13.8. The zero-order valence-electron chi connectivity index (χ0n) is 11.3. The molecule has 82 valence electrons. The van der Waals surface area contributed by atoms with Crippen LogP contribution in [0.1, 0.15) is 62.3 Å². The highest BCUT2D eigenvalue weighted by molar-refractivity contribution is 5.15. The van der Waals surface area contributed by atoms with Crippen molar-refractivity contribution in [2.24, 2.45) is 0 Å². The summed E-state index contributed by atoms with van der Waals surface area (Å²) in [7, 11) is 0. The van der Waals surface area contributed by atoms with E-state index in [0.717, 1.165) is 5.57 Å². The van der Waals surface area contributed by atoms with Gasteiger partial charge >= 0.3 is 0 Å². The van der Waals surface area contributed by atoms with E-state index in [9.17, 15) is 0 Å². The van der Waals surface area contributed by atoms with Crippen molar-refractivity contribution < 1.29 is 0 Å². The lowest BCUT2D eigenvalue weighted by molar-refractivity contribution is 1.36. The molecule has 0 bridgehead atoms. The first-order valence-electron chi connectivity index (χ1n) is 5.43. The molecule has 0 saturated carbocycles. The van der Waals surface area contributed by atoms with E-state index in [4.69, 9.17) is 0 Å². The Balaban J connectivity index is -0.0000000573. The summed E-state index contributed by atoms with van der Waals surface area (Å²) in [6.07, 6.45) is 2.06. The van der Waals surface area contributed by atoms with Crippen LogP contribution in [-0.4, -0.2) is 0 Å². The van der Waals surface area contributed by atoms with Gasteiger partial charge in [-0.05, 0) is 20.8 Å². The van der Waals surface area contributed by atoms with Crippen LogP contribution < -0.4 is 0 Å².